The van der Waals surface area contributed by atoms with Crippen molar-refractivity contribution in [2.75, 3.05) is 13.1 Å². The molecule has 0 N–H and O–H groups in total. The molecule has 4 heterocycles. The molecule has 1 amide bonds. The molecule has 3 aromatic rings. The van der Waals surface area contributed by atoms with Crippen LogP contribution in [0, 0.1) is 20.8 Å². The van der Waals surface area contributed by atoms with Crippen molar-refractivity contribution in [3.63, 3.8) is 0 Å². The number of nitrogens with zero attached hydrogens (tertiary/aromatic N) is 6. The summed E-state index contributed by atoms with van der Waals surface area (Å²) in [7, 11) is 0. The number of aromatic nitrogens is 5. The smallest absolute Gasteiger partial charge is 0.244 e. The Hall–Kier alpha value is -3.03. The molecule has 8 nitrogen and oxygen atoms in total. The molecular formula is C20H24N6O2. The van der Waals surface area contributed by atoms with Gasteiger partial charge in [0.15, 0.2) is 5.76 Å². The minimum atomic E-state index is 0.0852. The summed E-state index contributed by atoms with van der Waals surface area (Å²) in [4.78, 5) is 23.5. The lowest BCUT2D eigenvalue weighted by molar-refractivity contribution is -0.133. The van der Waals surface area contributed by atoms with Gasteiger partial charge in [0.05, 0.1) is 22.6 Å². The largest absolute Gasteiger partial charge is 0.356 e. The van der Waals surface area contributed by atoms with Crippen molar-refractivity contribution in [1.82, 2.24) is 29.8 Å². The van der Waals surface area contributed by atoms with Crippen LogP contribution < -0.4 is 0 Å². The van der Waals surface area contributed by atoms with E-state index in [4.69, 9.17) is 4.52 Å². The predicted molar refractivity (Wildman–Crippen MR) is 103 cm³/mol. The van der Waals surface area contributed by atoms with Gasteiger partial charge in [-0.15, -0.1) is 0 Å². The van der Waals surface area contributed by atoms with Crippen LogP contribution in [0.15, 0.2) is 29.2 Å². The Bertz CT molecular complexity index is 992. The molecule has 0 aromatic carbocycles. The maximum Gasteiger partial charge on any atom is 0.244 e. The molecule has 0 bridgehead atoms. The van der Waals surface area contributed by atoms with E-state index in [1.54, 1.807) is 17.2 Å². The van der Waals surface area contributed by atoms with Gasteiger partial charge in [-0.25, -0.2) is 9.97 Å². The van der Waals surface area contributed by atoms with Gasteiger partial charge in [-0.1, -0.05) is 5.16 Å². The van der Waals surface area contributed by atoms with E-state index in [-0.39, 0.29) is 18.4 Å². The zero-order valence-corrected chi connectivity index (χ0v) is 16.4. The first-order valence-electron chi connectivity index (χ1n) is 9.53. The number of rotatable bonds is 4. The summed E-state index contributed by atoms with van der Waals surface area (Å²) in [6.45, 7) is 7.46. The standard InChI is InChI=1S/C20H24N6O2/c1-13-7-15(3)26(23-13)11-19(27)25-6-4-5-16(10-25)20-17(9-21-12-22-20)18-8-14(2)24-28-18/h7-9,12,16H,4-6,10-11H2,1-3H3/t16-/m1/s1. The van der Waals surface area contributed by atoms with Crippen LogP contribution in [0.5, 0.6) is 0 Å². The molecule has 1 saturated heterocycles. The number of hydrogen-bond acceptors (Lipinski definition) is 6. The average Bonchev–Trinajstić information content (AvgIpc) is 3.26. The first-order valence-corrected chi connectivity index (χ1v) is 9.53. The van der Waals surface area contributed by atoms with Crippen LogP contribution in [0.3, 0.4) is 0 Å². The van der Waals surface area contributed by atoms with Crippen LogP contribution in [-0.4, -0.2) is 48.8 Å². The summed E-state index contributed by atoms with van der Waals surface area (Å²) in [5.41, 5.74) is 4.50. The summed E-state index contributed by atoms with van der Waals surface area (Å²) < 4.78 is 7.20. The number of carbonyl (C=O) groups excluding carboxylic acids is 1. The summed E-state index contributed by atoms with van der Waals surface area (Å²) in [5.74, 6) is 0.891. The first-order chi connectivity index (χ1) is 13.5. The molecule has 0 aliphatic carbocycles. The molecule has 0 spiro atoms. The minimum Gasteiger partial charge on any atom is -0.356 e. The number of hydrogen-bond donors (Lipinski definition) is 0. The second-order valence-corrected chi connectivity index (χ2v) is 7.42. The molecule has 0 saturated carbocycles. The number of aryl methyl sites for hydroxylation is 3. The Kier molecular flexibility index (Phi) is 4.93. The molecule has 1 fully saturated rings. The highest BCUT2D eigenvalue weighted by atomic mass is 16.5. The molecular weight excluding hydrogens is 356 g/mol. The number of piperidine rings is 1. The van der Waals surface area contributed by atoms with Crippen LogP contribution >= 0.6 is 0 Å². The van der Waals surface area contributed by atoms with Gasteiger partial charge in [-0.05, 0) is 39.7 Å². The van der Waals surface area contributed by atoms with Gasteiger partial charge in [0.2, 0.25) is 5.91 Å². The third-order valence-corrected chi connectivity index (χ3v) is 5.19. The van der Waals surface area contributed by atoms with Gasteiger partial charge in [0.25, 0.3) is 0 Å². The van der Waals surface area contributed by atoms with Crippen LogP contribution in [0.1, 0.15) is 41.5 Å². The van der Waals surface area contributed by atoms with Gasteiger partial charge in [0.1, 0.15) is 12.9 Å². The highest BCUT2D eigenvalue weighted by molar-refractivity contribution is 5.76. The van der Waals surface area contributed by atoms with E-state index in [9.17, 15) is 4.79 Å². The molecule has 4 rings (SSSR count). The van der Waals surface area contributed by atoms with Crippen molar-refractivity contribution in [3.8, 4) is 11.3 Å². The van der Waals surface area contributed by atoms with E-state index in [1.807, 2.05) is 37.8 Å². The van der Waals surface area contributed by atoms with Crippen LogP contribution in [-0.2, 0) is 11.3 Å². The van der Waals surface area contributed by atoms with Crippen LogP contribution in [0.2, 0.25) is 0 Å². The summed E-state index contributed by atoms with van der Waals surface area (Å²) in [5, 5.41) is 8.38. The maximum atomic E-state index is 12.9. The van der Waals surface area contributed by atoms with Gasteiger partial charge in [-0.2, -0.15) is 5.10 Å². The Morgan fingerprint density at radius 2 is 2.11 bits per heavy atom. The fraction of sp³-hybridized carbons (Fsp3) is 0.450. The molecule has 8 heteroatoms. The predicted octanol–water partition coefficient (Wildman–Crippen LogP) is 2.66. The Morgan fingerprint density at radius 3 is 2.82 bits per heavy atom. The third kappa shape index (κ3) is 3.67. The molecule has 3 aromatic heterocycles. The topological polar surface area (TPSA) is 89.9 Å². The van der Waals surface area contributed by atoms with Crippen molar-refractivity contribution in [2.45, 2.75) is 46.1 Å². The van der Waals surface area contributed by atoms with Crippen molar-refractivity contribution in [3.05, 3.63) is 47.4 Å². The highest BCUT2D eigenvalue weighted by Gasteiger charge is 2.28. The second-order valence-electron chi connectivity index (χ2n) is 7.42. The lowest BCUT2D eigenvalue weighted by Crippen LogP contribution is -2.41. The van der Waals surface area contributed by atoms with Gasteiger partial charge in [-0.3, -0.25) is 9.48 Å². The number of carbonyl (C=O) groups is 1. The minimum absolute atomic E-state index is 0.0852. The zero-order valence-electron chi connectivity index (χ0n) is 16.4. The summed E-state index contributed by atoms with van der Waals surface area (Å²) >= 11 is 0. The van der Waals surface area contributed by atoms with Gasteiger partial charge in [0, 0.05) is 37.0 Å². The van der Waals surface area contributed by atoms with Gasteiger partial charge >= 0.3 is 0 Å². The Balaban J connectivity index is 1.53. The van der Waals surface area contributed by atoms with Crippen molar-refractivity contribution >= 4 is 5.91 Å². The SMILES string of the molecule is Cc1cc(-c2cncnc2[C@@H]2CCCN(C(=O)Cn3nc(C)cc3C)C2)on1. The van der Waals surface area contributed by atoms with Crippen LogP contribution in [0.4, 0.5) is 0 Å². The molecule has 28 heavy (non-hydrogen) atoms. The molecule has 0 unspecified atom stereocenters. The van der Waals surface area contributed by atoms with Crippen molar-refractivity contribution in [1.29, 1.82) is 0 Å². The molecule has 1 atom stereocenters. The highest BCUT2D eigenvalue weighted by Crippen LogP contribution is 2.33. The van der Waals surface area contributed by atoms with E-state index in [1.165, 1.54) is 0 Å². The lowest BCUT2D eigenvalue weighted by Gasteiger charge is -2.33. The number of likely N-dealkylation sites (tertiary alicyclic amines) is 1. The van der Waals surface area contributed by atoms with Gasteiger partial charge < -0.3 is 9.42 Å². The summed E-state index contributed by atoms with van der Waals surface area (Å²) in [6, 6.07) is 3.87. The Morgan fingerprint density at radius 1 is 1.25 bits per heavy atom. The third-order valence-electron chi connectivity index (χ3n) is 5.19. The van der Waals surface area contributed by atoms with E-state index < -0.39 is 0 Å². The molecule has 0 radical (unpaired) electrons. The molecule has 1 aliphatic heterocycles. The lowest BCUT2D eigenvalue weighted by atomic mass is 9.91. The van der Waals surface area contributed by atoms with Crippen molar-refractivity contribution in [2.24, 2.45) is 0 Å². The number of amides is 1. The van der Waals surface area contributed by atoms with Crippen molar-refractivity contribution < 1.29 is 9.32 Å². The van der Waals surface area contributed by atoms with E-state index in [0.29, 0.717) is 12.3 Å². The molecule has 146 valence electrons. The Labute approximate surface area is 163 Å². The maximum absolute atomic E-state index is 12.9. The monoisotopic (exact) mass is 380 g/mol. The average molecular weight is 380 g/mol. The first kappa shape index (κ1) is 18.3. The zero-order chi connectivity index (χ0) is 19.7. The normalized spacial score (nSPS) is 17.1. The summed E-state index contributed by atoms with van der Waals surface area (Å²) in [6.07, 6.45) is 5.23. The fourth-order valence-electron chi connectivity index (χ4n) is 3.83. The van der Waals surface area contributed by atoms with E-state index in [0.717, 1.165) is 47.7 Å². The second kappa shape index (κ2) is 7.53. The van der Waals surface area contributed by atoms with E-state index in [2.05, 4.69) is 20.2 Å². The van der Waals surface area contributed by atoms with E-state index >= 15 is 0 Å². The fourth-order valence-corrected chi connectivity index (χ4v) is 3.83. The van der Waals surface area contributed by atoms with Crippen LogP contribution in [0.25, 0.3) is 11.3 Å². The quantitative estimate of drug-likeness (QED) is 0.691. The molecule has 1 aliphatic rings.